The van der Waals surface area contributed by atoms with Gasteiger partial charge in [-0.2, -0.15) is 9.97 Å². The number of thiocarbonyl (C=S) groups is 1. The highest BCUT2D eigenvalue weighted by Crippen LogP contribution is 2.34. The van der Waals surface area contributed by atoms with Gasteiger partial charge in [-0.1, -0.05) is 61.5 Å². The molecule has 7 nitrogen and oxygen atoms in total. The Morgan fingerprint density at radius 3 is 2.33 bits per heavy atom. The molecule has 0 amide bonds. The number of benzene rings is 2. The highest BCUT2D eigenvalue weighted by molar-refractivity contribution is 7.80. The van der Waals surface area contributed by atoms with Crippen LogP contribution in [0.2, 0.25) is 0 Å². The van der Waals surface area contributed by atoms with Crippen molar-refractivity contribution in [3.8, 4) is 0 Å². The Balaban J connectivity index is 1.21. The third-order valence-corrected chi connectivity index (χ3v) is 8.74. The molecule has 2 saturated heterocycles. The van der Waals surface area contributed by atoms with Crippen LogP contribution in [0.15, 0.2) is 60.7 Å². The Bertz CT molecular complexity index is 1270. The van der Waals surface area contributed by atoms with Crippen LogP contribution in [0.1, 0.15) is 49.3 Å². The van der Waals surface area contributed by atoms with Crippen molar-refractivity contribution in [1.29, 1.82) is 0 Å². The molecule has 0 bridgehead atoms. The first-order valence-electron chi connectivity index (χ1n) is 14.2. The summed E-state index contributed by atoms with van der Waals surface area (Å²) in [6.07, 6.45) is 4.38. The van der Waals surface area contributed by atoms with Crippen LogP contribution in [0, 0.1) is 5.92 Å². The van der Waals surface area contributed by atoms with E-state index in [-0.39, 0.29) is 5.41 Å². The number of aromatic nitrogens is 2. The largest absolute Gasteiger partial charge is 0.381 e. The van der Waals surface area contributed by atoms with Gasteiger partial charge >= 0.3 is 0 Å². The van der Waals surface area contributed by atoms with E-state index in [1.54, 1.807) is 0 Å². The Kier molecular flexibility index (Phi) is 7.66. The molecule has 204 valence electrons. The molecule has 3 aromatic rings. The monoisotopic (exact) mass is 542 g/mol. The molecule has 2 aromatic carbocycles. The summed E-state index contributed by atoms with van der Waals surface area (Å²) in [6.45, 7) is 8.33. The highest BCUT2D eigenvalue weighted by atomic mass is 32.1. The van der Waals surface area contributed by atoms with E-state index < -0.39 is 0 Å². The summed E-state index contributed by atoms with van der Waals surface area (Å²) >= 11 is 5.80. The van der Waals surface area contributed by atoms with Gasteiger partial charge in [0, 0.05) is 57.4 Å². The lowest BCUT2D eigenvalue weighted by Gasteiger charge is -2.38. The first-order valence-corrected chi connectivity index (χ1v) is 14.6. The van der Waals surface area contributed by atoms with Crippen LogP contribution >= 0.6 is 12.2 Å². The van der Waals surface area contributed by atoms with Crippen molar-refractivity contribution in [1.82, 2.24) is 15.3 Å². The normalized spacial score (nSPS) is 20.4. The van der Waals surface area contributed by atoms with E-state index in [9.17, 15) is 0 Å². The van der Waals surface area contributed by atoms with Gasteiger partial charge in [-0.3, -0.25) is 0 Å². The summed E-state index contributed by atoms with van der Waals surface area (Å²) in [5, 5.41) is 7.40. The summed E-state index contributed by atoms with van der Waals surface area (Å²) in [4.78, 5) is 14.6. The van der Waals surface area contributed by atoms with Gasteiger partial charge in [0.05, 0.1) is 0 Å². The zero-order valence-corrected chi connectivity index (χ0v) is 23.6. The molecule has 4 heterocycles. The van der Waals surface area contributed by atoms with Gasteiger partial charge < -0.3 is 25.2 Å². The lowest BCUT2D eigenvalue weighted by Crippen LogP contribution is -2.45. The summed E-state index contributed by atoms with van der Waals surface area (Å²) < 4.78 is 5.71. The lowest BCUT2D eigenvalue weighted by molar-refractivity contribution is 0.0515. The second-order valence-corrected chi connectivity index (χ2v) is 11.7. The maximum absolute atomic E-state index is 5.80. The number of nitrogens with zero attached hydrogens (tertiary/aromatic N) is 4. The standard InChI is InChI=1S/C31H38N6OS/c1-23-8-7-15-36(19-23)27-18-28(37-20-24-9-5-6-10-25(24)21-37)34-29(33-27)35-30(39)32-22-31(13-16-38-17-14-31)26-11-3-2-4-12-26/h2-6,9-12,18,23H,7-8,13-17,19-22H2,1H3,(H2,32,33,34,35,39)/t23-/m1/s1. The maximum Gasteiger partial charge on any atom is 0.232 e. The van der Waals surface area contributed by atoms with E-state index in [0.29, 0.717) is 17.0 Å². The molecule has 0 unspecified atom stereocenters. The van der Waals surface area contributed by atoms with Crippen molar-refractivity contribution in [3.05, 3.63) is 77.4 Å². The van der Waals surface area contributed by atoms with E-state index in [1.165, 1.54) is 29.5 Å². The molecule has 3 aliphatic rings. The number of fused-ring (bicyclic) bond motifs is 1. The zero-order valence-electron chi connectivity index (χ0n) is 22.7. The zero-order chi connectivity index (χ0) is 26.7. The molecular formula is C31H38N6OS. The van der Waals surface area contributed by atoms with Crippen molar-refractivity contribution >= 4 is 34.9 Å². The van der Waals surface area contributed by atoms with Crippen molar-refractivity contribution in [2.75, 3.05) is 48.0 Å². The summed E-state index contributed by atoms with van der Waals surface area (Å²) in [5.41, 5.74) is 4.04. The van der Waals surface area contributed by atoms with Gasteiger partial charge in [-0.15, -0.1) is 0 Å². The summed E-state index contributed by atoms with van der Waals surface area (Å²) in [6, 6.07) is 21.5. The molecule has 1 aromatic heterocycles. The number of anilines is 3. The minimum Gasteiger partial charge on any atom is -0.381 e. The smallest absolute Gasteiger partial charge is 0.232 e. The maximum atomic E-state index is 5.80. The fourth-order valence-corrected chi connectivity index (χ4v) is 6.37. The predicted molar refractivity (Wildman–Crippen MR) is 161 cm³/mol. The van der Waals surface area contributed by atoms with E-state index in [1.807, 2.05) is 0 Å². The second kappa shape index (κ2) is 11.5. The number of ether oxygens (including phenoxy) is 1. The van der Waals surface area contributed by atoms with Gasteiger partial charge in [-0.25, -0.2) is 0 Å². The Morgan fingerprint density at radius 2 is 1.64 bits per heavy atom. The third-order valence-electron chi connectivity index (χ3n) is 8.49. The van der Waals surface area contributed by atoms with Gasteiger partial charge in [0.25, 0.3) is 0 Å². The van der Waals surface area contributed by atoms with Crippen LogP contribution in [0.5, 0.6) is 0 Å². The number of rotatable bonds is 6. The molecule has 0 aliphatic carbocycles. The molecule has 1 atom stereocenters. The first-order chi connectivity index (χ1) is 19.1. The van der Waals surface area contributed by atoms with Crippen LogP contribution in [-0.2, 0) is 23.2 Å². The molecular weight excluding hydrogens is 504 g/mol. The average molecular weight is 543 g/mol. The molecule has 0 saturated carbocycles. The highest BCUT2D eigenvalue weighted by Gasteiger charge is 2.34. The Labute approximate surface area is 237 Å². The van der Waals surface area contributed by atoms with Crippen molar-refractivity contribution in [2.24, 2.45) is 5.92 Å². The van der Waals surface area contributed by atoms with Crippen LogP contribution in [0.25, 0.3) is 0 Å². The third kappa shape index (κ3) is 5.87. The fourth-order valence-electron chi connectivity index (χ4n) is 6.21. The molecule has 6 rings (SSSR count). The Morgan fingerprint density at radius 1 is 0.974 bits per heavy atom. The second-order valence-electron chi connectivity index (χ2n) is 11.3. The molecule has 2 N–H and O–H groups in total. The number of nitrogens with one attached hydrogen (secondary N) is 2. The SMILES string of the molecule is C[C@@H]1CCCN(c2cc(N3Cc4ccccc4C3)nc(NC(=S)NCC3(c4ccccc4)CCOCC3)n2)C1. The van der Waals surface area contributed by atoms with Crippen LogP contribution in [0.3, 0.4) is 0 Å². The van der Waals surface area contributed by atoms with Gasteiger partial charge in [0.15, 0.2) is 5.11 Å². The predicted octanol–water partition coefficient (Wildman–Crippen LogP) is 5.27. The molecule has 0 radical (unpaired) electrons. The van der Waals surface area contributed by atoms with Crippen molar-refractivity contribution in [2.45, 2.75) is 51.1 Å². The van der Waals surface area contributed by atoms with Gasteiger partial charge in [-0.05, 0) is 60.5 Å². The quantitative estimate of drug-likeness (QED) is 0.409. The van der Waals surface area contributed by atoms with Crippen molar-refractivity contribution < 1.29 is 4.74 Å². The lowest BCUT2D eigenvalue weighted by atomic mass is 9.74. The van der Waals surface area contributed by atoms with Crippen molar-refractivity contribution in [3.63, 3.8) is 0 Å². The van der Waals surface area contributed by atoms with Crippen LogP contribution in [-0.4, -0.2) is 47.9 Å². The molecule has 39 heavy (non-hydrogen) atoms. The molecule has 2 fully saturated rings. The summed E-state index contributed by atoms with van der Waals surface area (Å²) in [7, 11) is 0. The molecule has 3 aliphatic heterocycles. The first kappa shape index (κ1) is 26.0. The minimum absolute atomic E-state index is 0.00954. The number of hydrogen-bond acceptors (Lipinski definition) is 6. The number of hydrogen-bond donors (Lipinski definition) is 2. The van der Waals surface area contributed by atoms with Gasteiger partial charge in [0.2, 0.25) is 5.95 Å². The fraction of sp³-hybridized carbons (Fsp3) is 0.452. The van der Waals surface area contributed by atoms with E-state index in [0.717, 1.165) is 70.4 Å². The Hall–Kier alpha value is -3.23. The average Bonchev–Trinajstić information content (AvgIpc) is 3.42. The molecule has 0 spiro atoms. The summed E-state index contributed by atoms with van der Waals surface area (Å²) in [5.74, 6) is 3.11. The van der Waals surface area contributed by atoms with E-state index >= 15 is 0 Å². The topological polar surface area (TPSA) is 65.5 Å². The minimum atomic E-state index is -0.00954. The van der Waals surface area contributed by atoms with E-state index in [4.69, 9.17) is 26.9 Å². The number of piperidine rings is 1. The van der Waals surface area contributed by atoms with E-state index in [2.05, 4.69) is 88.0 Å². The van der Waals surface area contributed by atoms with Crippen LogP contribution < -0.4 is 20.4 Å². The van der Waals surface area contributed by atoms with Crippen LogP contribution in [0.4, 0.5) is 17.6 Å². The molecule has 8 heteroatoms. The van der Waals surface area contributed by atoms with Gasteiger partial charge in [0.1, 0.15) is 11.6 Å².